The second-order valence-corrected chi connectivity index (χ2v) is 4.43. The van der Waals surface area contributed by atoms with Gasteiger partial charge >= 0.3 is 6.01 Å². The molecule has 0 aliphatic carbocycles. The lowest BCUT2D eigenvalue weighted by Crippen LogP contribution is -2.00. The molecule has 2 aromatic heterocycles. The van der Waals surface area contributed by atoms with Crippen LogP contribution in [0.25, 0.3) is 0 Å². The minimum absolute atomic E-state index is 0.319. The molecule has 7 heteroatoms. The third-order valence-electron chi connectivity index (χ3n) is 2.11. The molecular formula is C11H11IN4O2. The van der Waals surface area contributed by atoms with E-state index in [9.17, 15) is 0 Å². The van der Waals surface area contributed by atoms with Gasteiger partial charge in [0.2, 0.25) is 5.88 Å². The molecule has 2 aromatic rings. The predicted octanol–water partition coefficient (Wildman–Crippen LogP) is 2.24. The largest absolute Gasteiger partial charge is 0.481 e. The second kappa shape index (κ2) is 5.80. The fourth-order valence-corrected chi connectivity index (χ4v) is 1.64. The first-order valence-corrected chi connectivity index (χ1v) is 6.14. The summed E-state index contributed by atoms with van der Waals surface area (Å²) in [6, 6.07) is 3.95. The highest BCUT2D eigenvalue weighted by Gasteiger charge is 2.06. The minimum Gasteiger partial charge on any atom is -0.481 e. The van der Waals surface area contributed by atoms with Crippen LogP contribution >= 0.6 is 22.6 Å². The van der Waals surface area contributed by atoms with Gasteiger partial charge in [0.1, 0.15) is 0 Å². The number of anilines is 2. The highest BCUT2D eigenvalue weighted by Crippen LogP contribution is 2.22. The fraction of sp³-hybridized carbons (Fsp3) is 0.182. The van der Waals surface area contributed by atoms with E-state index in [0.29, 0.717) is 17.7 Å². The number of ether oxygens (including phenoxy) is 2. The number of nitrogens with zero attached hydrogens (tertiary/aromatic N) is 3. The Morgan fingerprint density at radius 3 is 2.56 bits per heavy atom. The van der Waals surface area contributed by atoms with E-state index < -0.39 is 0 Å². The summed E-state index contributed by atoms with van der Waals surface area (Å²) < 4.78 is 10.9. The van der Waals surface area contributed by atoms with Gasteiger partial charge < -0.3 is 14.8 Å². The molecule has 0 aliphatic heterocycles. The van der Waals surface area contributed by atoms with Crippen molar-refractivity contribution in [3.8, 4) is 11.9 Å². The van der Waals surface area contributed by atoms with Crippen LogP contribution in [0, 0.1) is 3.57 Å². The van der Waals surface area contributed by atoms with E-state index in [-0.39, 0.29) is 0 Å². The molecule has 0 radical (unpaired) electrons. The van der Waals surface area contributed by atoms with Crippen LogP contribution in [0.4, 0.5) is 11.5 Å². The third-order valence-corrected chi connectivity index (χ3v) is 2.90. The van der Waals surface area contributed by atoms with Gasteiger partial charge in [0.05, 0.1) is 29.7 Å². The van der Waals surface area contributed by atoms with Crippen LogP contribution in [0.15, 0.2) is 24.5 Å². The lowest BCUT2D eigenvalue weighted by Gasteiger charge is -2.08. The standard InChI is InChI=1S/C11H11IN4O2/c1-17-9-4-3-7(5-13-9)15-10-8(12)6-14-11(16-10)18-2/h3-6H,1-2H3,(H,14,15,16). The molecule has 0 aliphatic rings. The maximum atomic E-state index is 4.99. The molecule has 2 rings (SSSR count). The zero-order valence-electron chi connectivity index (χ0n) is 9.85. The summed E-state index contributed by atoms with van der Waals surface area (Å²) in [5.41, 5.74) is 0.814. The molecule has 0 fully saturated rings. The Morgan fingerprint density at radius 1 is 1.11 bits per heavy atom. The molecule has 94 valence electrons. The van der Waals surface area contributed by atoms with Crippen molar-refractivity contribution < 1.29 is 9.47 Å². The zero-order chi connectivity index (χ0) is 13.0. The van der Waals surface area contributed by atoms with Crippen LogP contribution in [-0.4, -0.2) is 29.2 Å². The van der Waals surface area contributed by atoms with Crippen LogP contribution < -0.4 is 14.8 Å². The predicted molar refractivity (Wildman–Crippen MR) is 75.4 cm³/mol. The Hall–Kier alpha value is -1.64. The van der Waals surface area contributed by atoms with Gasteiger partial charge in [-0.1, -0.05) is 0 Å². The summed E-state index contributed by atoms with van der Waals surface area (Å²) in [5, 5.41) is 3.14. The summed E-state index contributed by atoms with van der Waals surface area (Å²) in [5.74, 6) is 1.24. The fourth-order valence-electron chi connectivity index (χ4n) is 1.25. The molecule has 0 aromatic carbocycles. The number of hydrogen-bond donors (Lipinski definition) is 1. The third kappa shape index (κ3) is 2.97. The van der Waals surface area contributed by atoms with E-state index >= 15 is 0 Å². The summed E-state index contributed by atoms with van der Waals surface area (Å²) in [6.45, 7) is 0. The quantitative estimate of drug-likeness (QED) is 0.846. The first kappa shape index (κ1) is 12.8. The van der Waals surface area contributed by atoms with Crippen LogP contribution in [0.2, 0.25) is 0 Å². The number of halogens is 1. The van der Waals surface area contributed by atoms with E-state index in [0.717, 1.165) is 9.26 Å². The van der Waals surface area contributed by atoms with E-state index in [1.54, 1.807) is 25.6 Å². The maximum absolute atomic E-state index is 4.99. The normalized spacial score (nSPS) is 9.94. The Bertz CT molecular complexity index is 533. The van der Waals surface area contributed by atoms with Crippen molar-refractivity contribution in [2.45, 2.75) is 0 Å². The lowest BCUT2D eigenvalue weighted by atomic mass is 10.4. The van der Waals surface area contributed by atoms with Crippen molar-refractivity contribution >= 4 is 34.1 Å². The van der Waals surface area contributed by atoms with Gasteiger partial charge in [0.15, 0.2) is 5.82 Å². The number of aromatic nitrogens is 3. The summed E-state index contributed by atoms with van der Waals surface area (Å²) in [4.78, 5) is 12.3. The van der Waals surface area contributed by atoms with Gasteiger partial charge in [-0.05, 0) is 28.7 Å². The van der Waals surface area contributed by atoms with Gasteiger partial charge in [-0.25, -0.2) is 9.97 Å². The van der Waals surface area contributed by atoms with Crippen molar-refractivity contribution in [3.63, 3.8) is 0 Å². The molecule has 0 amide bonds. The number of rotatable bonds is 4. The minimum atomic E-state index is 0.319. The van der Waals surface area contributed by atoms with Crippen molar-refractivity contribution in [3.05, 3.63) is 28.1 Å². The van der Waals surface area contributed by atoms with Gasteiger partial charge in [-0.2, -0.15) is 4.98 Å². The summed E-state index contributed by atoms with van der Waals surface area (Å²) in [7, 11) is 3.11. The highest BCUT2D eigenvalue weighted by atomic mass is 127. The first-order valence-electron chi connectivity index (χ1n) is 5.06. The van der Waals surface area contributed by atoms with E-state index in [2.05, 4.69) is 42.9 Å². The van der Waals surface area contributed by atoms with Crippen LogP contribution in [0.3, 0.4) is 0 Å². The van der Waals surface area contributed by atoms with Gasteiger partial charge in [-0.3, -0.25) is 0 Å². The van der Waals surface area contributed by atoms with Crippen molar-refractivity contribution in [1.29, 1.82) is 0 Å². The molecule has 0 bridgehead atoms. The molecule has 0 unspecified atom stereocenters. The molecule has 2 heterocycles. The monoisotopic (exact) mass is 358 g/mol. The topological polar surface area (TPSA) is 69.2 Å². The molecule has 1 N–H and O–H groups in total. The molecule has 0 saturated heterocycles. The highest BCUT2D eigenvalue weighted by molar-refractivity contribution is 14.1. The van der Waals surface area contributed by atoms with Crippen molar-refractivity contribution in [2.75, 3.05) is 19.5 Å². The van der Waals surface area contributed by atoms with Crippen molar-refractivity contribution in [2.24, 2.45) is 0 Å². The Kier molecular flexibility index (Phi) is 4.13. The second-order valence-electron chi connectivity index (χ2n) is 3.27. The molecule has 0 saturated carbocycles. The maximum Gasteiger partial charge on any atom is 0.318 e. The average molecular weight is 358 g/mol. The molecule has 0 spiro atoms. The smallest absolute Gasteiger partial charge is 0.318 e. The number of methoxy groups -OCH3 is 2. The lowest BCUT2D eigenvalue weighted by molar-refractivity contribution is 0.380. The Morgan fingerprint density at radius 2 is 1.94 bits per heavy atom. The van der Waals surface area contributed by atoms with Gasteiger partial charge in [-0.15, -0.1) is 0 Å². The van der Waals surface area contributed by atoms with Crippen LogP contribution in [0.1, 0.15) is 0 Å². The van der Waals surface area contributed by atoms with Gasteiger partial charge in [0, 0.05) is 12.3 Å². The summed E-state index contributed by atoms with van der Waals surface area (Å²) in [6.07, 6.45) is 3.36. The average Bonchev–Trinajstić information content (AvgIpc) is 2.42. The molecule has 18 heavy (non-hydrogen) atoms. The van der Waals surface area contributed by atoms with E-state index in [1.807, 2.05) is 6.07 Å². The number of hydrogen-bond acceptors (Lipinski definition) is 6. The number of pyridine rings is 1. The van der Waals surface area contributed by atoms with Crippen molar-refractivity contribution in [1.82, 2.24) is 15.0 Å². The van der Waals surface area contributed by atoms with E-state index in [1.165, 1.54) is 7.11 Å². The molecule has 6 nitrogen and oxygen atoms in total. The van der Waals surface area contributed by atoms with Crippen LogP contribution in [0.5, 0.6) is 11.9 Å². The molecular weight excluding hydrogens is 347 g/mol. The number of nitrogens with one attached hydrogen (secondary N) is 1. The Balaban J connectivity index is 2.21. The van der Waals surface area contributed by atoms with E-state index in [4.69, 9.17) is 9.47 Å². The SMILES string of the molecule is COc1ccc(Nc2nc(OC)ncc2I)cn1. The van der Waals surface area contributed by atoms with Gasteiger partial charge in [0.25, 0.3) is 0 Å². The Labute approximate surface area is 118 Å². The zero-order valence-corrected chi connectivity index (χ0v) is 12.0. The molecule has 0 atom stereocenters. The first-order chi connectivity index (χ1) is 8.72. The summed E-state index contributed by atoms with van der Waals surface area (Å²) >= 11 is 2.15. The van der Waals surface area contributed by atoms with Crippen LogP contribution in [-0.2, 0) is 0 Å².